The molecule has 2 heterocycles. The van der Waals surface area contributed by atoms with Gasteiger partial charge >= 0.3 is 0 Å². The summed E-state index contributed by atoms with van der Waals surface area (Å²) in [7, 11) is 0. The summed E-state index contributed by atoms with van der Waals surface area (Å²) in [5, 5.41) is 9.29. The summed E-state index contributed by atoms with van der Waals surface area (Å²) in [6, 6.07) is 11.9. The molecule has 1 N–H and O–H groups in total. The van der Waals surface area contributed by atoms with E-state index in [0.717, 1.165) is 32.2 Å². The number of phenolic OH excluding ortho intramolecular Hbond substituents is 1. The van der Waals surface area contributed by atoms with Crippen LogP contribution in [0.3, 0.4) is 0 Å². The van der Waals surface area contributed by atoms with Crippen molar-refractivity contribution in [2.75, 3.05) is 6.54 Å². The number of benzene rings is 1. The molecule has 3 nitrogen and oxygen atoms in total. The van der Waals surface area contributed by atoms with E-state index in [1.807, 2.05) is 23.5 Å². The van der Waals surface area contributed by atoms with Crippen molar-refractivity contribution in [3.8, 4) is 5.75 Å². The second-order valence-corrected chi connectivity index (χ2v) is 7.53. The first-order valence-corrected chi connectivity index (χ1v) is 9.09. The SMILES string of the molecule is Cc1ccc([C@@H]2CCCN2C(=O)CCCc2ccc(O)cc2)s1. The Kier molecular flexibility index (Phi) is 5.01. The summed E-state index contributed by atoms with van der Waals surface area (Å²) in [6.45, 7) is 3.01. The molecule has 0 unspecified atom stereocenters. The fourth-order valence-electron chi connectivity index (χ4n) is 3.24. The summed E-state index contributed by atoms with van der Waals surface area (Å²) in [4.78, 5) is 17.3. The summed E-state index contributed by atoms with van der Waals surface area (Å²) in [6.07, 6.45) is 4.52. The molecular weight excluding hydrogens is 306 g/mol. The number of likely N-dealkylation sites (tertiary alicyclic amines) is 1. The molecule has 0 saturated carbocycles. The Labute approximate surface area is 141 Å². The highest BCUT2D eigenvalue weighted by Gasteiger charge is 2.30. The third-order valence-electron chi connectivity index (χ3n) is 4.46. The molecule has 0 aliphatic carbocycles. The van der Waals surface area contributed by atoms with Gasteiger partial charge in [-0.2, -0.15) is 0 Å². The van der Waals surface area contributed by atoms with Gasteiger partial charge in [-0.05, 0) is 62.4 Å². The van der Waals surface area contributed by atoms with Crippen LogP contribution >= 0.6 is 11.3 Å². The van der Waals surface area contributed by atoms with Crippen molar-refractivity contribution in [3.05, 3.63) is 51.7 Å². The van der Waals surface area contributed by atoms with Crippen LogP contribution in [0.2, 0.25) is 0 Å². The molecular formula is C19H23NO2S. The van der Waals surface area contributed by atoms with Crippen LogP contribution in [0.15, 0.2) is 36.4 Å². The van der Waals surface area contributed by atoms with Gasteiger partial charge in [0, 0.05) is 22.7 Å². The van der Waals surface area contributed by atoms with Crippen molar-refractivity contribution in [2.24, 2.45) is 0 Å². The van der Waals surface area contributed by atoms with Crippen LogP contribution in [0, 0.1) is 6.92 Å². The quantitative estimate of drug-likeness (QED) is 0.880. The van der Waals surface area contributed by atoms with Gasteiger partial charge in [0.1, 0.15) is 5.75 Å². The molecule has 3 rings (SSSR count). The predicted octanol–water partition coefficient (Wildman–Crippen LogP) is 4.45. The van der Waals surface area contributed by atoms with Gasteiger partial charge in [0.25, 0.3) is 0 Å². The summed E-state index contributed by atoms with van der Waals surface area (Å²) < 4.78 is 0. The van der Waals surface area contributed by atoms with Crippen LogP contribution < -0.4 is 0 Å². The van der Waals surface area contributed by atoms with Crippen molar-refractivity contribution in [1.82, 2.24) is 4.90 Å². The highest BCUT2D eigenvalue weighted by atomic mass is 32.1. The van der Waals surface area contributed by atoms with E-state index in [-0.39, 0.29) is 17.7 Å². The van der Waals surface area contributed by atoms with E-state index in [9.17, 15) is 9.90 Å². The lowest BCUT2D eigenvalue weighted by atomic mass is 10.1. The lowest BCUT2D eigenvalue weighted by Gasteiger charge is -2.24. The van der Waals surface area contributed by atoms with Crippen molar-refractivity contribution in [2.45, 2.75) is 45.1 Å². The van der Waals surface area contributed by atoms with E-state index in [2.05, 4.69) is 24.0 Å². The number of hydrogen-bond acceptors (Lipinski definition) is 3. The molecule has 0 bridgehead atoms. The number of thiophene rings is 1. The maximum absolute atomic E-state index is 12.6. The minimum Gasteiger partial charge on any atom is -0.508 e. The standard InChI is InChI=1S/C19H23NO2S/c1-14-7-12-18(23-14)17-5-3-13-20(17)19(22)6-2-4-15-8-10-16(21)11-9-15/h7-12,17,21H,2-6,13H2,1H3/t17-/m0/s1. The number of hydrogen-bond donors (Lipinski definition) is 1. The van der Waals surface area contributed by atoms with Gasteiger partial charge in [-0.25, -0.2) is 0 Å². The Balaban J connectivity index is 1.54. The van der Waals surface area contributed by atoms with E-state index >= 15 is 0 Å². The zero-order chi connectivity index (χ0) is 16.2. The molecule has 1 aromatic carbocycles. The predicted molar refractivity (Wildman–Crippen MR) is 93.8 cm³/mol. The summed E-state index contributed by atoms with van der Waals surface area (Å²) in [5.74, 6) is 0.563. The van der Waals surface area contributed by atoms with Gasteiger partial charge in [0.2, 0.25) is 5.91 Å². The summed E-state index contributed by atoms with van der Waals surface area (Å²) >= 11 is 1.81. The molecule has 0 spiro atoms. The highest BCUT2D eigenvalue weighted by molar-refractivity contribution is 7.12. The topological polar surface area (TPSA) is 40.5 Å². The van der Waals surface area contributed by atoms with Crippen LogP contribution in [0.25, 0.3) is 0 Å². The number of carbonyl (C=O) groups excluding carboxylic acids is 1. The highest BCUT2D eigenvalue weighted by Crippen LogP contribution is 2.36. The lowest BCUT2D eigenvalue weighted by Crippen LogP contribution is -2.30. The van der Waals surface area contributed by atoms with E-state index in [1.165, 1.54) is 15.3 Å². The molecule has 1 atom stereocenters. The molecule has 2 aromatic rings. The fraction of sp³-hybridized carbons (Fsp3) is 0.421. The molecule has 1 aliphatic rings. The number of nitrogens with zero attached hydrogens (tertiary/aromatic N) is 1. The Hall–Kier alpha value is -1.81. The van der Waals surface area contributed by atoms with Gasteiger partial charge < -0.3 is 10.0 Å². The molecule has 1 aromatic heterocycles. The second-order valence-electron chi connectivity index (χ2n) is 6.21. The number of aromatic hydroxyl groups is 1. The van der Waals surface area contributed by atoms with Crippen LogP contribution in [0.4, 0.5) is 0 Å². The van der Waals surface area contributed by atoms with Crippen molar-refractivity contribution in [3.63, 3.8) is 0 Å². The maximum Gasteiger partial charge on any atom is 0.223 e. The normalized spacial score (nSPS) is 17.6. The number of rotatable bonds is 5. The Bertz CT molecular complexity index is 662. The van der Waals surface area contributed by atoms with Crippen LogP contribution in [0.5, 0.6) is 5.75 Å². The first kappa shape index (κ1) is 16.1. The maximum atomic E-state index is 12.6. The van der Waals surface area contributed by atoms with E-state index in [4.69, 9.17) is 0 Å². The molecule has 1 fully saturated rings. The first-order chi connectivity index (χ1) is 11.1. The lowest BCUT2D eigenvalue weighted by molar-refractivity contribution is -0.132. The first-order valence-electron chi connectivity index (χ1n) is 8.27. The Morgan fingerprint density at radius 3 is 2.74 bits per heavy atom. The third-order valence-corrected chi connectivity index (χ3v) is 5.56. The van der Waals surface area contributed by atoms with Crippen LogP contribution in [0.1, 0.15) is 47.0 Å². The number of amides is 1. The van der Waals surface area contributed by atoms with Gasteiger partial charge in [-0.1, -0.05) is 12.1 Å². The second kappa shape index (κ2) is 7.18. The van der Waals surface area contributed by atoms with Crippen LogP contribution in [-0.4, -0.2) is 22.5 Å². The fourth-order valence-corrected chi connectivity index (χ4v) is 4.27. The van der Waals surface area contributed by atoms with E-state index in [1.54, 1.807) is 12.1 Å². The zero-order valence-electron chi connectivity index (χ0n) is 13.5. The average Bonchev–Trinajstić information content (AvgIpc) is 3.17. The molecule has 0 radical (unpaired) electrons. The average molecular weight is 329 g/mol. The molecule has 1 aliphatic heterocycles. The van der Waals surface area contributed by atoms with Gasteiger partial charge in [0.15, 0.2) is 0 Å². The molecule has 23 heavy (non-hydrogen) atoms. The van der Waals surface area contributed by atoms with Crippen LogP contribution in [-0.2, 0) is 11.2 Å². The number of carbonyl (C=O) groups is 1. The molecule has 122 valence electrons. The van der Waals surface area contributed by atoms with Gasteiger partial charge in [-0.3, -0.25) is 4.79 Å². The Morgan fingerprint density at radius 2 is 2.04 bits per heavy atom. The smallest absolute Gasteiger partial charge is 0.223 e. The largest absolute Gasteiger partial charge is 0.508 e. The van der Waals surface area contributed by atoms with E-state index < -0.39 is 0 Å². The summed E-state index contributed by atoms with van der Waals surface area (Å²) in [5.41, 5.74) is 1.17. The van der Waals surface area contributed by atoms with E-state index in [0.29, 0.717) is 6.42 Å². The van der Waals surface area contributed by atoms with Gasteiger partial charge in [-0.15, -0.1) is 11.3 Å². The minimum atomic E-state index is 0.275. The number of phenols is 1. The zero-order valence-corrected chi connectivity index (χ0v) is 14.3. The monoisotopic (exact) mass is 329 g/mol. The van der Waals surface area contributed by atoms with Crippen molar-refractivity contribution < 1.29 is 9.90 Å². The van der Waals surface area contributed by atoms with Gasteiger partial charge in [0.05, 0.1) is 6.04 Å². The third kappa shape index (κ3) is 3.94. The van der Waals surface area contributed by atoms with Crippen molar-refractivity contribution in [1.29, 1.82) is 0 Å². The molecule has 1 amide bonds. The molecule has 1 saturated heterocycles. The van der Waals surface area contributed by atoms with Crippen molar-refractivity contribution >= 4 is 17.2 Å². The molecule has 4 heteroatoms. The Morgan fingerprint density at radius 1 is 1.26 bits per heavy atom. The number of aryl methyl sites for hydroxylation is 2. The minimum absolute atomic E-state index is 0.275.